The lowest BCUT2D eigenvalue weighted by Crippen LogP contribution is -2.48. The summed E-state index contributed by atoms with van der Waals surface area (Å²) in [5.41, 5.74) is 4.18. The number of rotatable bonds is 7. The van der Waals surface area contributed by atoms with E-state index in [1.807, 2.05) is 37.3 Å². The van der Waals surface area contributed by atoms with E-state index in [1.165, 1.54) is 18.3 Å². The van der Waals surface area contributed by atoms with Gasteiger partial charge in [0.25, 0.3) is 5.91 Å². The van der Waals surface area contributed by atoms with Crippen LogP contribution in [0.5, 0.6) is 0 Å². The highest BCUT2D eigenvalue weighted by atomic mass is 32.2. The van der Waals surface area contributed by atoms with Gasteiger partial charge in [-0.25, -0.2) is 13.8 Å². The van der Waals surface area contributed by atoms with Gasteiger partial charge in [-0.15, -0.1) is 0 Å². The minimum atomic E-state index is -3.81. The van der Waals surface area contributed by atoms with Crippen LogP contribution in [0.2, 0.25) is 0 Å². The van der Waals surface area contributed by atoms with E-state index < -0.39 is 22.0 Å². The second kappa shape index (κ2) is 8.73. The van der Waals surface area contributed by atoms with E-state index >= 15 is 0 Å². The molecule has 0 heterocycles. The van der Waals surface area contributed by atoms with Gasteiger partial charge in [0.2, 0.25) is 10.0 Å². The van der Waals surface area contributed by atoms with Crippen molar-refractivity contribution in [2.24, 2.45) is 11.0 Å². The van der Waals surface area contributed by atoms with Crippen LogP contribution in [-0.2, 0) is 14.8 Å². The molecule has 0 aliphatic rings. The van der Waals surface area contributed by atoms with E-state index in [1.54, 1.807) is 26.0 Å². The van der Waals surface area contributed by atoms with Gasteiger partial charge in [-0.05, 0) is 30.5 Å². The largest absolute Gasteiger partial charge is 0.271 e. The SMILES string of the molecule is Cc1ccc(S(=O)(=O)N[C@@H](C(=O)N/N=C\c2ccccc2)C(C)C)cc1. The highest BCUT2D eigenvalue weighted by Gasteiger charge is 2.28. The van der Waals surface area contributed by atoms with Crippen molar-refractivity contribution in [1.82, 2.24) is 10.1 Å². The zero-order valence-corrected chi connectivity index (χ0v) is 15.8. The van der Waals surface area contributed by atoms with Crippen LogP contribution in [0, 0.1) is 12.8 Å². The van der Waals surface area contributed by atoms with Crippen molar-refractivity contribution in [3.8, 4) is 0 Å². The van der Waals surface area contributed by atoms with E-state index in [0.29, 0.717) is 0 Å². The zero-order valence-electron chi connectivity index (χ0n) is 15.0. The maximum Gasteiger partial charge on any atom is 0.258 e. The lowest BCUT2D eigenvalue weighted by atomic mass is 10.1. The summed E-state index contributed by atoms with van der Waals surface area (Å²) >= 11 is 0. The fraction of sp³-hybridized carbons (Fsp3) is 0.263. The molecule has 1 atom stereocenters. The van der Waals surface area contributed by atoms with E-state index in [0.717, 1.165) is 11.1 Å². The molecule has 0 aliphatic carbocycles. The zero-order chi connectivity index (χ0) is 19.2. The first kappa shape index (κ1) is 19.8. The molecule has 0 unspecified atom stereocenters. The number of hydrogen-bond acceptors (Lipinski definition) is 4. The molecule has 0 spiro atoms. The second-order valence-corrected chi connectivity index (χ2v) is 8.01. The summed E-state index contributed by atoms with van der Waals surface area (Å²) in [6.45, 7) is 5.41. The number of benzene rings is 2. The molecule has 0 saturated carbocycles. The third kappa shape index (κ3) is 5.50. The normalized spacial score (nSPS) is 13.1. The molecule has 2 aromatic carbocycles. The number of nitrogens with zero attached hydrogens (tertiary/aromatic N) is 1. The molecule has 0 fully saturated rings. The Morgan fingerprint density at radius 3 is 2.23 bits per heavy atom. The highest BCUT2D eigenvalue weighted by Crippen LogP contribution is 2.13. The van der Waals surface area contributed by atoms with Crippen molar-refractivity contribution >= 4 is 22.1 Å². The Hall–Kier alpha value is -2.51. The van der Waals surface area contributed by atoms with Crippen LogP contribution < -0.4 is 10.1 Å². The predicted molar refractivity (Wildman–Crippen MR) is 102 cm³/mol. The van der Waals surface area contributed by atoms with Crippen molar-refractivity contribution in [3.05, 3.63) is 65.7 Å². The van der Waals surface area contributed by atoms with Gasteiger partial charge < -0.3 is 0 Å². The Labute approximate surface area is 154 Å². The molecule has 7 heteroatoms. The number of amides is 1. The molecule has 0 aliphatic heterocycles. The molecule has 138 valence electrons. The van der Waals surface area contributed by atoms with Crippen LogP contribution in [0.15, 0.2) is 64.6 Å². The first-order valence-corrected chi connectivity index (χ1v) is 9.75. The molecule has 1 amide bonds. The van der Waals surface area contributed by atoms with Crippen LogP contribution in [-0.4, -0.2) is 26.6 Å². The van der Waals surface area contributed by atoms with Gasteiger partial charge in [0.1, 0.15) is 6.04 Å². The summed E-state index contributed by atoms with van der Waals surface area (Å²) in [4.78, 5) is 12.5. The first-order chi connectivity index (χ1) is 12.3. The molecule has 0 aromatic heterocycles. The van der Waals surface area contributed by atoms with Crippen molar-refractivity contribution in [3.63, 3.8) is 0 Å². The van der Waals surface area contributed by atoms with E-state index in [2.05, 4.69) is 15.2 Å². The standard InChI is InChI=1S/C19H23N3O3S/c1-14(2)18(19(23)21-20-13-16-7-5-4-6-8-16)22-26(24,25)17-11-9-15(3)10-12-17/h4-14,18,22H,1-3H3,(H,21,23)/b20-13-/t18-/m1/s1. The van der Waals surface area contributed by atoms with Crippen LogP contribution in [0.1, 0.15) is 25.0 Å². The highest BCUT2D eigenvalue weighted by molar-refractivity contribution is 7.89. The molecule has 6 nitrogen and oxygen atoms in total. The topological polar surface area (TPSA) is 87.6 Å². The maximum atomic E-state index is 12.5. The Balaban J connectivity index is 2.09. The Morgan fingerprint density at radius 1 is 1.04 bits per heavy atom. The van der Waals surface area contributed by atoms with Gasteiger partial charge in [0, 0.05) is 0 Å². The second-order valence-electron chi connectivity index (χ2n) is 6.30. The summed E-state index contributed by atoms with van der Waals surface area (Å²) < 4.78 is 27.5. The predicted octanol–water partition coefficient (Wildman–Crippen LogP) is 2.45. The minimum Gasteiger partial charge on any atom is -0.271 e. The summed E-state index contributed by atoms with van der Waals surface area (Å²) in [6, 6.07) is 14.8. The summed E-state index contributed by atoms with van der Waals surface area (Å²) in [5.74, 6) is -0.759. The van der Waals surface area contributed by atoms with Crippen LogP contribution in [0.4, 0.5) is 0 Å². The quantitative estimate of drug-likeness (QED) is 0.577. The average Bonchev–Trinajstić information content (AvgIpc) is 2.60. The molecular weight excluding hydrogens is 350 g/mol. The van der Waals surface area contributed by atoms with Gasteiger partial charge in [-0.1, -0.05) is 61.9 Å². The Kier molecular flexibility index (Phi) is 6.65. The fourth-order valence-corrected chi connectivity index (χ4v) is 3.57. The van der Waals surface area contributed by atoms with E-state index in [9.17, 15) is 13.2 Å². The molecule has 0 saturated heterocycles. The van der Waals surface area contributed by atoms with Crippen molar-refractivity contribution in [1.29, 1.82) is 0 Å². The third-order valence-electron chi connectivity index (χ3n) is 3.75. The summed E-state index contributed by atoms with van der Waals surface area (Å²) in [7, 11) is -3.81. The van der Waals surface area contributed by atoms with Gasteiger partial charge in [-0.3, -0.25) is 4.79 Å². The molecule has 2 aromatic rings. The van der Waals surface area contributed by atoms with Gasteiger partial charge >= 0.3 is 0 Å². The lowest BCUT2D eigenvalue weighted by Gasteiger charge is -2.20. The Morgan fingerprint density at radius 2 is 1.65 bits per heavy atom. The first-order valence-electron chi connectivity index (χ1n) is 8.26. The number of nitrogens with one attached hydrogen (secondary N) is 2. The number of carbonyl (C=O) groups is 1. The smallest absolute Gasteiger partial charge is 0.258 e. The van der Waals surface area contributed by atoms with Gasteiger partial charge in [0.05, 0.1) is 11.1 Å². The number of hydrogen-bond donors (Lipinski definition) is 2. The van der Waals surface area contributed by atoms with Crippen molar-refractivity contribution in [2.75, 3.05) is 0 Å². The Bertz CT molecular complexity index is 861. The van der Waals surface area contributed by atoms with Crippen LogP contribution in [0.25, 0.3) is 0 Å². The number of carbonyl (C=O) groups excluding carboxylic acids is 1. The van der Waals surface area contributed by atoms with Crippen LogP contribution in [0.3, 0.4) is 0 Å². The molecule has 0 bridgehead atoms. The number of sulfonamides is 1. The van der Waals surface area contributed by atoms with E-state index in [-0.39, 0.29) is 10.8 Å². The maximum absolute atomic E-state index is 12.5. The van der Waals surface area contributed by atoms with Gasteiger partial charge in [-0.2, -0.15) is 9.82 Å². The summed E-state index contributed by atoms with van der Waals surface area (Å²) in [5, 5.41) is 3.90. The molecule has 2 rings (SSSR count). The molecule has 2 N–H and O–H groups in total. The van der Waals surface area contributed by atoms with Gasteiger partial charge in [0.15, 0.2) is 0 Å². The monoisotopic (exact) mass is 373 g/mol. The number of hydrazone groups is 1. The molecular formula is C19H23N3O3S. The van der Waals surface area contributed by atoms with Crippen LogP contribution >= 0.6 is 0 Å². The third-order valence-corrected chi connectivity index (χ3v) is 5.21. The van der Waals surface area contributed by atoms with E-state index in [4.69, 9.17) is 0 Å². The summed E-state index contributed by atoms with van der Waals surface area (Å²) in [6.07, 6.45) is 1.50. The lowest BCUT2D eigenvalue weighted by molar-refractivity contribution is -0.123. The molecule has 0 radical (unpaired) electrons. The average molecular weight is 373 g/mol. The molecule has 26 heavy (non-hydrogen) atoms. The minimum absolute atomic E-state index is 0.120. The number of aryl methyl sites for hydroxylation is 1. The van der Waals surface area contributed by atoms with Crippen molar-refractivity contribution < 1.29 is 13.2 Å². The fourth-order valence-electron chi connectivity index (χ4n) is 2.22. The van der Waals surface area contributed by atoms with Crippen molar-refractivity contribution in [2.45, 2.75) is 31.7 Å².